The van der Waals surface area contributed by atoms with Crippen LogP contribution in [0, 0.1) is 5.92 Å². The lowest BCUT2D eigenvalue weighted by atomic mass is 9.81. The van der Waals surface area contributed by atoms with Crippen LogP contribution in [-0.2, 0) is 15.2 Å². The average Bonchev–Trinajstić information content (AvgIpc) is 3.24. The zero-order valence-electron chi connectivity index (χ0n) is 17.7. The zero-order chi connectivity index (χ0) is 22.4. The third-order valence-electron chi connectivity index (χ3n) is 7.06. The lowest BCUT2D eigenvalue weighted by Crippen LogP contribution is -2.61. The van der Waals surface area contributed by atoms with Crippen molar-refractivity contribution in [1.29, 1.82) is 0 Å². The van der Waals surface area contributed by atoms with Gasteiger partial charge in [0, 0.05) is 12.0 Å². The molecule has 1 aromatic heterocycles. The molecule has 1 N–H and O–H groups in total. The van der Waals surface area contributed by atoms with Gasteiger partial charge in [-0.15, -0.1) is 0 Å². The molecule has 3 aliphatic rings. The molecule has 8 heteroatoms. The van der Waals surface area contributed by atoms with Crippen LogP contribution in [0.5, 0.6) is 0 Å². The van der Waals surface area contributed by atoms with Gasteiger partial charge in [0.15, 0.2) is 0 Å². The minimum absolute atomic E-state index is 0.0153. The maximum Gasteiger partial charge on any atom is 0.261 e. The van der Waals surface area contributed by atoms with Crippen molar-refractivity contribution in [1.82, 2.24) is 14.5 Å². The number of anilines is 1. The molecule has 32 heavy (non-hydrogen) atoms. The Hall–Kier alpha value is -3.52. The second kappa shape index (κ2) is 6.26. The molecule has 0 bridgehead atoms. The standard InChI is InChI=1S/C24H22N4O4/c1-13(2)19-22(31)27-17-10-6-4-8-15(17)24(32)11-18(21(30)28(19)23(24)27)26-12-25-16-9-5-3-7-14(16)20(26)29/h3-10,12-13,18-19,23,32H,11H2,1-2H3/t18-,19-,23+,24-/m1/s1. The number of para-hydroxylation sites is 2. The smallest absolute Gasteiger partial charge is 0.261 e. The van der Waals surface area contributed by atoms with Crippen molar-refractivity contribution in [2.24, 2.45) is 5.92 Å². The van der Waals surface area contributed by atoms with Gasteiger partial charge in [0.2, 0.25) is 5.91 Å². The molecule has 2 fully saturated rings. The van der Waals surface area contributed by atoms with E-state index in [0.717, 1.165) is 0 Å². The Morgan fingerprint density at radius 2 is 1.75 bits per heavy atom. The van der Waals surface area contributed by atoms with Gasteiger partial charge >= 0.3 is 0 Å². The van der Waals surface area contributed by atoms with Gasteiger partial charge in [0.1, 0.15) is 23.9 Å². The van der Waals surface area contributed by atoms with Gasteiger partial charge in [-0.2, -0.15) is 0 Å². The molecule has 0 aliphatic carbocycles. The zero-order valence-corrected chi connectivity index (χ0v) is 17.7. The number of rotatable bonds is 2. The summed E-state index contributed by atoms with van der Waals surface area (Å²) in [5.41, 5.74) is -0.0619. The first-order valence-electron chi connectivity index (χ1n) is 10.8. The summed E-state index contributed by atoms with van der Waals surface area (Å²) in [5, 5.41) is 12.4. The normalized spacial score (nSPS) is 28.6. The summed E-state index contributed by atoms with van der Waals surface area (Å²) in [6.07, 6.45) is 0.545. The molecular formula is C24H22N4O4. The molecule has 3 aromatic rings. The number of aromatic nitrogens is 2. The molecule has 162 valence electrons. The summed E-state index contributed by atoms with van der Waals surface area (Å²) in [6, 6.07) is 12.5. The van der Waals surface area contributed by atoms with Gasteiger partial charge in [-0.25, -0.2) is 4.98 Å². The Kier molecular flexibility index (Phi) is 3.75. The minimum Gasteiger partial charge on any atom is -0.381 e. The van der Waals surface area contributed by atoms with Crippen molar-refractivity contribution >= 4 is 28.4 Å². The third kappa shape index (κ3) is 2.20. The van der Waals surface area contributed by atoms with Crippen molar-refractivity contribution in [3.63, 3.8) is 0 Å². The quantitative estimate of drug-likeness (QED) is 0.669. The van der Waals surface area contributed by atoms with Crippen LogP contribution in [0.25, 0.3) is 10.9 Å². The van der Waals surface area contributed by atoms with Crippen LogP contribution in [-0.4, -0.2) is 43.6 Å². The maximum absolute atomic E-state index is 13.8. The van der Waals surface area contributed by atoms with E-state index in [-0.39, 0.29) is 29.7 Å². The monoisotopic (exact) mass is 430 g/mol. The largest absolute Gasteiger partial charge is 0.381 e. The van der Waals surface area contributed by atoms with Crippen molar-refractivity contribution in [2.45, 2.75) is 44.1 Å². The fourth-order valence-corrected chi connectivity index (χ4v) is 5.70. The van der Waals surface area contributed by atoms with Gasteiger partial charge in [-0.05, 0) is 24.1 Å². The maximum atomic E-state index is 13.8. The number of nitrogens with zero attached hydrogens (tertiary/aromatic N) is 4. The van der Waals surface area contributed by atoms with Gasteiger partial charge in [-0.3, -0.25) is 23.9 Å². The molecular weight excluding hydrogens is 408 g/mol. The number of fused-ring (bicyclic) bond motifs is 4. The molecule has 6 rings (SSSR count). The second-order valence-corrected chi connectivity index (χ2v) is 9.15. The number of piperidine rings is 1. The van der Waals surface area contributed by atoms with E-state index in [0.29, 0.717) is 22.2 Å². The summed E-state index contributed by atoms with van der Waals surface area (Å²) in [7, 11) is 0. The average molecular weight is 430 g/mol. The fourth-order valence-electron chi connectivity index (χ4n) is 5.70. The molecule has 2 saturated heterocycles. The summed E-state index contributed by atoms with van der Waals surface area (Å²) in [6.45, 7) is 3.77. The van der Waals surface area contributed by atoms with E-state index in [1.807, 2.05) is 26.0 Å². The van der Waals surface area contributed by atoms with Crippen LogP contribution in [0.4, 0.5) is 5.69 Å². The third-order valence-corrected chi connectivity index (χ3v) is 7.06. The van der Waals surface area contributed by atoms with E-state index >= 15 is 0 Å². The molecule has 2 amide bonds. The molecule has 0 saturated carbocycles. The first kappa shape index (κ1) is 19.2. The Bertz CT molecular complexity index is 1370. The van der Waals surface area contributed by atoms with Gasteiger partial charge in [-0.1, -0.05) is 44.2 Å². The number of amides is 2. The Morgan fingerprint density at radius 3 is 2.53 bits per heavy atom. The molecule has 3 aliphatic heterocycles. The van der Waals surface area contributed by atoms with E-state index < -0.39 is 23.9 Å². The van der Waals surface area contributed by atoms with E-state index in [4.69, 9.17) is 0 Å². The predicted molar refractivity (Wildman–Crippen MR) is 117 cm³/mol. The molecule has 2 aromatic carbocycles. The van der Waals surface area contributed by atoms with Crippen LogP contribution >= 0.6 is 0 Å². The molecule has 4 atom stereocenters. The Balaban J connectivity index is 1.58. The first-order chi connectivity index (χ1) is 15.3. The van der Waals surface area contributed by atoms with E-state index in [9.17, 15) is 19.5 Å². The number of carbonyl (C=O) groups is 2. The Morgan fingerprint density at radius 1 is 1.03 bits per heavy atom. The van der Waals surface area contributed by atoms with Crippen LogP contribution in [0.3, 0.4) is 0 Å². The molecule has 4 heterocycles. The minimum atomic E-state index is -1.49. The molecule has 0 unspecified atom stereocenters. The van der Waals surface area contributed by atoms with Crippen LogP contribution in [0.15, 0.2) is 59.7 Å². The number of benzene rings is 2. The number of hydrogen-bond acceptors (Lipinski definition) is 5. The first-order valence-corrected chi connectivity index (χ1v) is 10.8. The highest BCUT2D eigenvalue weighted by molar-refractivity contribution is 6.07. The van der Waals surface area contributed by atoms with Gasteiger partial charge in [0.05, 0.1) is 22.9 Å². The van der Waals surface area contributed by atoms with E-state index in [1.165, 1.54) is 15.8 Å². The van der Waals surface area contributed by atoms with Crippen LogP contribution < -0.4 is 10.5 Å². The van der Waals surface area contributed by atoms with Crippen LogP contribution in [0.2, 0.25) is 0 Å². The topological polar surface area (TPSA) is 95.7 Å². The highest BCUT2D eigenvalue weighted by Crippen LogP contribution is 2.55. The number of aliphatic hydroxyl groups is 1. The summed E-state index contributed by atoms with van der Waals surface area (Å²) >= 11 is 0. The lowest BCUT2D eigenvalue weighted by molar-refractivity contribution is -0.160. The SMILES string of the molecule is CC(C)[C@@H]1C(=O)N2c3ccccc3[C@]3(O)C[C@@H](n4cnc5ccccc5c4=O)C(=O)N1[C@H]23. The van der Waals surface area contributed by atoms with E-state index in [2.05, 4.69) is 4.98 Å². The summed E-state index contributed by atoms with van der Waals surface area (Å²) in [4.78, 5) is 48.0. The predicted octanol–water partition coefficient (Wildman–Crippen LogP) is 1.77. The molecule has 0 spiro atoms. The van der Waals surface area contributed by atoms with Crippen molar-refractivity contribution in [2.75, 3.05) is 4.90 Å². The van der Waals surface area contributed by atoms with Crippen molar-refractivity contribution < 1.29 is 14.7 Å². The molecule has 0 radical (unpaired) electrons. The fraction of sp³-hybridized carbons (Fsp3) is 0.333. The summed E-state index contributed by atoms with van der Waals surface area (Å²) < 4.78 is 1.31. The summed E-state index contributed by atoms with van der Waals surface area (Å²) in [5.74, 6) is -0.703. The molecule has 8 nitrogen and oxygen atoms in total. The van der Waals surface area contributed by atoms with Gasteiger partial charge < -0.3 is 10.0 Å². The van der Waals surface area contributed by atoms with Crippen LogP contribution in [0.1, 0.15) is 31.9 Å². The lowest BCUT2D eigenvalue weighted by Gasteiger charge is -2.45. The highest BCUT2D eigenvalue weighted by Gasteiger charge is 2.67. The van der Waals surface area contributed by atoms with Crippen molar-refractivity contribution in [3.05, 3.63) is 70.8 Å². The van der Waals surface area contributed by atoms with Gasteiger partial charge in [0.25, 0.3) is 11.5 Å². The highest BCUT2D eigenvalue weighted by atomic mass is 16.3. The second-order valence-electron chi connectivity index (χ2n) is 9.15. The van der Waals surface area contributed by atoms with Crippen molar-refractivity contribution in [3.8, 4) is 0 Å². The number of carbonyl (C=O) groups excluding carboxylic acids is 2. The van der Waals surface area contributed by atoms with E-state index in [1.54, 1.807) is 41.3 Å². The number of hydrogen-bond donors (Lipinski definition) is 1. The Labute approximate surface area is 183 Å².